The fraction of sp³-hybridized carbons (Fsp3) is 0.625. The van der Waals surface area contributed by atoms with Crippen molar-refractivity contribution in [3.8, 4) is 0 Å². The maximum Gasteiger partial charge on any atom is 0.243 e. The third-order valence-corrected chi connectivity index (χ3v) is 6.84. The molecular weight excluding hydrogens is 284 g/mol. The number of piperidine rings is 1. The lowest BCUT2D eigenvalue weighted by Gasteiger charge is -2.27. The van der Waals surface area contributed by atoms with Crippen molar-refractivity contribution in [2.45, 2.75) is 50.1 Å². The summed E-state index contributed by atoms with van der Waals surface area (Å²) in [6.45, 7) is 3.42. The summed E-state index contributed by atoms with van der Waals surface area (Å²) in [6.07, 6.45) is 4.02. The number of sulfonamides is 1. The van der Waals surface area contributed by atoms with Gasteiger partial charge in [0, 0.05) is 19.1 Å². The minimum atomic E-state index is -3.35. The lowest BCUT2D eigenvalue weighted by Crippen LogP contribution is -2.38. The Balaban J connectivity index is 1.99. The number of nitrogens with one attached hydrogen (secondary N) is 1. The first kappa shape index (κ1) is 15.0. The highest BCUT2D eigenvalue weighted by molar-refractivity contribution is 7.89. The van der Waals surface area contributed by atoms with Crippen LogP contribution in [-0.2, 0) is 23.0 Å². The zero-order valence-electron chi connectivity index (χ0n) is 12.8. The van der Waals surface area contributed by atoms with Crippen LogP contribution in [0.25, 0.3) is 0 Å². The van der Waals surface area contributed by atoms with Gasteiger partial charge in [0.15, 0.2) is 0 Å². The van der Waals surface area contributed by atoms with Gasteiger partial charge in [0.1, 0.15) is 0 Å². The zero-order chi connectivity index (χ0) is 15.0. The molecule has 5 heteroatoms. The molecule has 1 aromatic carbocycles. The number of fused-ring (bicyclic) bond motifs is 2. The molecule has 2 unspecified atom stereocenters. The Morgan fingerprint density at radius 1 is 1.33 bits per heavy atom. The summed E-state index contributed by atoms with van der Waals surface area (Å²) < 4.78 is 27.9. The molecule has 2 atom stereocenters. The van der Waals surface area contributed by atoms with Crippen molar-refractivity contribution in [2.75, 3.05) is 13.6 Å². The summed E-state index contributed by atoms with van der Waals surface area (Å²) >= 11 is 0. The number of rotatable bonds is 5. The second-order valence-electron chi connectivity index (χ2n) is 6.23. The topological polar surface area (TPSA) is 49.4 Å². The van der Waals surface area contributed by atoms with E-state index in [1.54, 1.807) is 4.31 Å². The highest BCUT2D eigenvalue weighted by Crippen LogP contribution is 2.41. The van der Waals surface area contributed by atoms with E-state index >= 15 is 0 Å². The standard InChI is InChI=1S/C16H24N2O2S/c1-3-14-6-4-12(10-17-2)9-16(14)21(19,20)18-11-13-5-7-15(18)8-13/h4,6,9,13,15,17H,3,5,7-8,10-11H2,1-2H3. The smallest absolute Gasteiger partial charge is 0.243 e. The molecule has 1 heterocycles. The number of hydrogen-bond acceptors (Lipinski definition) is 3. The van der Waals surface area contributed by atoms with Crippen molar-refractivity contribution < 1.29 is 8.42 Å². The lowest BCUT2D eigenvalue weighted by molar-refractivity contribution is 0.333. The number of aryl methyl sites for hydroxylation is 1. The predicted molar refractivity (Wildman–Crippen MR) is 83.6 cm³/mol. The van der Waals surface area contributed by atoms with Crippen molar-refractivity contribution in [3.05, 3.63) is 29.3 Å². The van der Waals surface area contributed by atoms with Crippen LogP contribution in [0.4, 0.5) is 0 Å². The van der Waals surface area contributed by atoms with Crippen molar-refractivity contribution in [1.29, 1.82) is 0 Å². The number of nitrogens with zero attached hydrogens (tertiary/aromatic N) is 1. The highest BCUT2D eigenvalue weighted by Gasteiger charge is 2.44. The van der Waals surface area contributed by atoms with Gasteiger partial charge < -0.3 is 5.32 Å². The number of hydrogen-bond donors (Lipinski definition) is 1. The van der Waals surface area contributed by atoms with Crippen LogP contribution in [-0.4, -0.2) is 32.4 Å². The van der Waals surface area contributed by atoms with Gasteiger partial charge in [-0.2, -0.15) is 4.31 Å². The van der Waals surface area contributed by atoms with Crippen LogP contribution in [0.5, 0.6) is 0 Å². The Kier molecular flexibility index (Phi) is 4.08. The average Bonchev–Trinajstić information content (AvgIpc) is 3.10. The van der Waals surface area contributed by atoms with Gasteiger partial charge in [0.05, 0.1) is 4.90 Å². The normalized spacial score (nSPS) is 25.6. The van der Waals surface area contributed by atoms with E-state index in [4.69, 9.17) is 0 Å². The number of benzene rings is 1. The van der Waals surface area contributed by atoms with E-state index in [0.717, 1.165) is 30.4 Å². The van der Waals surface area contributed by atoms with Gasteiger partial charge in [0.2, 0.25) is 10.0 Å². The maximum absolute atomic E-state index is 13.1. The van der Waals surface area contributed by atoms with Crippen LogP contribution in [0.1, 0.15) is 37.3 Å². The molecule has 2 bridgehead atoms. The molecule has 4 nitrogen and oxygen atoms in total. The molecule has 1 aliphatic heterocycles. The van der Waals surface area contributed by atoms with Crippen LogP contribution in [0.3, 0.4) is 0 Å². The molecule has 0 radical (unpaired) electrons. The van der Waals surface area contributed by atoms with Crippen LogP contribution in [0, 0.1) is 5.92 Å². The van der Waals surface area contributed by atoms with Crippen LogP contribution in [0.15, 0.2) is 23.1 Å². The van der Waals surface area contributed by atoms with Crippen LogP contribution in [0.2, 0.25) is 0 Å². The van der Waals surface area contributed by atoms with Crippen molar-refractivity contribution >= 4 is 10.0 Å². The van der Waals surface area contributed by atoms with Gasteiger partial charge in [-0.3, -0.25) is 0 Å². The van der Waals surface area contributed by atoms with Crippen molar-refractivity contribution in [2.24, 2.45) is 5.92 Å². The second-order valence-corrected chi connectivity index (χ2v) is 8.09. The van der Waals surface area contributed by atoms with E-state index in [0.29, 0.717) is 23.9 Å². The summed E-state index contributed by atoms with van der Waals surface area (Å²) in [5.41, 5.74) is 1.95. The van der Waals surface area contributed by atoms with Crippen molar-refractivity contribution in [1.82, 2.24) is 9.62 Å². The molecule has 1 N–H and O–H groups in total. The molecule has 0 aromatic heterocycles. The van der Waals surface area contributed by atoms with Gasteiger partial charge in [-0.1, -0.05) is 19.1 Å². The molecule has 1 saturated heterocycles. The first-order valence-corrected chi connectivity index (χ1v) is 9.28. The molecule has 3 rings (SSSR count). The molecule has 1 aliphatic carbocycles. The molecule has 2 aliphatic rings. The third-order valence-electron chi connectivity index (χ3n) is 4.84. The van der Waals surface area contributed by atoms with Gasteiger partial charge in [-0.15, -0.1) is 0 Å². The molecule has 0 spiro atoms. The lowest BCUT2D eigenvalue weighted by atomic mass is 10.1. The van der Waals surface area contributed by atoms with E-state index in [1.165, 1.54) is 6.42 Å². The molecule has 1 saturated carbocycles. The Hall–Kier alpha value is -0.910. The molecule has 116 valence electrons. The van der Waals surface area contributed by atoms with Gasteiger partial charge >= 0.3 is 0 Å². The van der Waals surface area contributed by atoms with E-state index in [2.05, 4.69) is 5.32 Å². The largest absolute Gasteiger partial charge is 0.316 e. The maximum atomic E-state index is 13.1. The van der Waals surface area contributed by atoms with E-state index in [1.807, 2.05) is 32.2 Å². The Morgan fingerprint density at radius 3 is 2.71 bits per heavy atom. The monoisotopic (exact) mass is 308 g/mol. The quantitative estimate of drug-likeness (QED) is 0.906. The SMILES string of the molecule is CCc1ccc(CNC)cc1S(=O)(=O)N1CC2CCC1C2. The van der Waals surface area contributed by atoms with Gasteiger partial charge in [-0.25, -0.2) is 8.42 Å². The first-order valence-electron chi connectivity index (χ1n) is 7.84. The minimum Gasteiger partial charge on any atom is -0.316 e. The van der Waals surface area contributed by atoms with Crippen LogP contribution < -0.4 is 5.32 Å². The minimum absolute atomic E-state index is 0.234. The van der Waals surface area contributed by atoms with E-state index in [-0.39, 0.29) is 6.04 Å². The third kappa shape index (κ3) is 2.62. The summed E-state index contributed by atoms with van der Waals surface area (Å²) in [5, 5.41) is 3.09. The Bertz CT molecular complexity index is 627. The molecule has 1 aromatic rings. The molecule has 2 fully saturated rings. The summed E-state index contributed by atoms with van der Waals surface area (Å²) in [6, 6.07) is 6.08. The van der Waals surface area contributed by atoms with E-state index < -0.39 is 10.0 Å². The zero-order valence-corrected chi connectivity index (χ0v) is 13.6. The van der Waals surface area contributed by atoms with Gasteiger partial charge in [0.25, 0.3) is 0 Å². The predicted octanol–water partition coefficient (Wildman–Crippen LogP) is 2.14. The summed E-state index contributed by atoms with van der Waals surface area (Å²) in [5.74, 6) is 0.579. The van der Waals surface area contributed by atoms with E-state index in [9.17, 15) is 8.42 Å². The molecule has 21 heavy (non-hydrogen) atoms. The summed E-state index contributed by atoms with van der Waals surface area (Å²) in [7, 11) is -1.47. The first-order chi connectivity index (χ1) is 10.1. The van der Waals surface area contributed by atoms with Crippen molar-refractivity contribution in [3.63, 3.8) is 0 Å². The van der Waals surface area contributed by atoms with Crippen LogP contribution >= 0.6 is 0 Å². The highest BCUT2D eigenvalue weighted by atomic mass is 32.2. The molecule has 0 amide bonds. The van der Waals surface area contributed by atoms with Gasteiger partial charge in [-0.05, 0) is 55.8 Å². The second kappa shape index (κ2) is 5.71. The molecular formula is C16H24N2O2S. The summed E-state index contributed by atoms with van der Waals surface area (Å²) in [4.78, 5) is 0.519. The fourth-order valence-electron chi connectivity index (χ4n) is 3.75. The Labute approximate surface area is 127 Å². The fourth-order valence-corrected chi connectivity index (χ4v) is 5.83. The average molecular weight is 308 g/mol. The Morgan fingerprint density at radius 2 is 2.14 bits per heavy atom.